The first kappa shape index (κ1) is 11.2. The minimum atomic E-state index is -0.322. The van der Waals surface area contributed by atoms with Gasteiger partial charge in [-0.25, -0.2) is 4.98 Å². The molecule has 0 aliphatic heterocycles. The first-order valence-corrected chi connectivity index (χ1v) is 4.69. The number of carbonyl (C=O) groups is 1. The van der Waals surface area contributed by atoms with Crippen LogP contribution in [0.4, 0.5) is 0 Å². The van der Waals surface area contributed by atoms with E-state index in [0.717, 1.165) is 5.56 Å². The van der Waals surface area contributed by atoms with E-state index in [4.69, 9.17) is 10.00 Å². The minimum absolute atomic E-state index is 0.114. The number of pyridine rings is 1. The SMILES string of the molecule is CCOC(=O)Cc1ccc(C)c(C#N)n1. The molecule has 15 heavy (non-hydrogen) atoms. The molecule has 1 rings (SSSR count). The zero-order valence-electron chi connectivity index (χ0n) is 8.78. The smallest absolute Gasteiger partial charge is 0.311 e. The van der Waals surface area contributed by atoms with Gasteiger partial charge in [-0.05, 0) is 25.5 Å². The van der Waals surface area contributed by atoms with Gasteiger partial charge < -0.3 is 4.74 Å². The summed E-state index contributed by atoms with van der Waals surface area (Å²) >= 11 is 0. The Labute approximate surface area is 88.5 Å². The number of aromatic nitrogens is 1. The number of esters is 1. The van der Waals surface area contributed by atoms with Gasteiger partial charge in [-0.1, -0.05) is 6.07 Å². The van der Waals surface area contributed by atoms with Crippen molar-refractivity contribution in [2.24, 2.45) is 0 Å². The van der Waals surface area contributed by atoms with E-state index in [1.165, 1.54) is 0 Å². The van der Waals surface area contributed by atoms with Gasteiger partial charge in [0.05, 0.1) is 18.7 Å². The summed E-state index contributed by atoms with van der Waals surface area (Å²) < 4.78 is 4.79. The Morgan fingerprint density at radius 1 is 1.60 bits per heavy atom. The molecule has 0 saturated carbocycles. The van der Waals surface area contributed by atoms with Crippen LogP contribution in [0.25, 0.3) is 0 Å². The minimum Gasteiger partial charge on any atom is -0.466 e. The fourth-order valence-electron chi connectivity index (χ4n) is 1.14. The number of aryl methyl sites for hydroxylation is 1. The van der Waals surface area contributed by atoms with Crippen molar-refractivity contribution in [2.75, 3.05) is 6.61 Å². The zero-order chi connectivity index (χ0) is 11.3. The van der Waals surface area contributed by atoms with Crippen LogP contribution in [0.5, 0.6) is 0 Å². The summed E-state index contributed by atoms with van der Waals surface area (Å²) in [7, 11) is 0. The molecule has 0 aromatic carbocycles. The maximum atomic E-state index is 11.2. The average Bonchev–Trinajstić information content (AvgIpc) is 2.21. The summed E-state index contributed by atoms with van der Waals surface area (Å²) in [5, 5.41) is 8.75. The molecule has 1 aromatic rings. The quantitative estimate of drug-likeness (QED) is 0.697. The van der Waals surface area contributed by atoms with Crippen molar-refractivity contribution in [3.8, 4) is 6.07 Å². The van der Waals surface area contributed by atoms with Gasteiger partial charge in [0.2, 0.25) is 0 Å². The Morgan fingerprint density at radius 2 is 2.33 bits per heavy atom. The predicted octanol–water partition coefficient (Wildman–Crippen LogP) is 1.37. The number of nitrogens with zero attached hydrogens (tertiary/aromatic N) is 2. The van der Waals surface area contributed by atoms with E-state index < -0.39 is 0 Å². The standard InChI is InChI=1S/C11H12N2O2/c1-3-15-11(14)6-9-5-4-8(2)10(7-12)13-9/h4-5H,3,6H2,1-2H3. The van der Waals surface area contributed by atoms with Crippen LogP contribution in [-0.4, -0.2) is 17.6 Å². The molecule has 0 N–H and O–H groups in total. The van der Waals surface area contributed by atoms with Crippen LogP contribution >= 0.6 is 0 Å². The van der Waals surface area contributed by atoms with Crippen LogP contribution in [0.3, 0.4) is 0 Å². The van der Waals surface area contributed by atoms with Crippen LogP contribution in [0.2, 0.25) is 0 Å². The summed E-state index contributed by atoms with van der Waals surface area (Å²) in [6.45, 7) is 3.91. The van der Waals surface area contributed by atoms with E-state index >= 15 is 0 Å². The van der Waals surface area contributed by atoms with Crippen LogP contribution in [0.15, 0.2) is 12.1 Å². The first-order chi connectivity index (χ1) is 7.17. The lowest BCUT2D eigenvalue weighted by molar-refractivity contribution is -0.142. The molecule has 0 unspecified atom stereocenters. The number of nitriles is 1. The molecule has 78 valence electrons. The van der Waals surface area contributed by atoms with Gasteiger partial charge in [-0.15, -0.1) is 0 Å². The lowest BCUT2D eigenvalue weighted by atomic mass is 10.2. The van der Waals surface area contributed by atoms with Gasteiger partial charge in [0, 0.05) is 0 Å². The molecule has 0 aliphatic rings. The maximum Gasteiger partial charge on any atom is 0.311 e. The van der Waals surface area contributed by atoms with E-state index in [-0.39, 0.29) is 12.4 Å². The molecule has 0 atom stereocenters. The van der Waals surface area contributed by atoms with E-state index in [0.29, 0.717) is 18.0 Å². The zero-order valence-corrected chi connectivity index (χ0v) is 8.78. The fraction of sp³-hybridized carbons (Fsp3) is 0.364. The van der Waals surface area contributed by atoms with E-state index in [1.54, 1.807) is 26.0 Å². The number of hydrogen-bond acceptors (Lipinski definition) is 4. The van der Waals surface area contributed by atoms with E-state index in [1.807, 2.05) is 6.07 Å². The maximum absolute atomic E-state index is 11.2. The first-order valence-electron chi connectivity index (χ1n) is 4.69. The highest BCUT2D eigenvalue weighted by atomic mass is 16.5. The summed E-state index contributed by atoms with van der Waals surface area (Å²) in [5.41, 5.74) is 1.73. The van der Waals surface area contributed by atoms with Gasteiger partial charge in [0.15, 0.2) is 0 Å². The second kappa shape index (κ2) is 5.11. The number of rotatable bonds is 3. The Morgan fingerprint density at radius 3 is 2.93 bits per heavy atom. The van der Waals surface area contributed by atoms with Crippen molar-refractivity contribution in [3.63, 3.8) is 0 Å². The molecular formula is C11H12N2O2. The van der Waals surface area contributed by atoms with Gasteiger partial charge in [-0.2, -0.15) is 5.26 Å². The highest BCUT2D eigenvalue weighted by Gasteiger charge is 2.07. The average molecular weight is 204 g/mol. The molecule has 0 fully saturated rings. The van der Waals surface area contributed by atoms with E-state index in [9.17, 15) is 4.79 Å². The Kier molecular flexibility index (Phi) is 3.81. The molecule has 0 radical (unpaired) electrons. The lowest BCUT2D eigenvalue weighted by Crippen LogP contribution is -2.09. The molecule has 4 heteroatoms. The van der Waals surface area contributed by atoms with Gasteiger partial charge >= 0.3 is 5.97 Å². The van der Waals surface area contributed by atoms with Crippen molar-refractivity contribution >= 4 is 5.97 Å². The van der Waals surface area contributed by atoms with Gasteiger partial charge in [0.1, 0.15) is 11.8 Å². The Hall–Kier alpha value is -1.89. The second-order valence-electron chi connectivity index (χ2n) is 3.06. The molecule has 1 heterocycles. The summed E-state index contributed by atoms with van der Waals surface area (Å²) in [6.07, 6.45) is 0.114. The van der Waals surface area contributed by atoms with Crippen LogP contribution in [0.1, 0.15) is 23.9 Å². The largest absolute Gasteiger partial charge is 0.466 e. The second-order valence-corrected chi connectivity index (χ2v) is 3.06. The van der Waals surface area contributed by atoms with Crippen molar-refractivity contribution in [2.45, 2.75) is 20.3 Å². The molecule has 0 amide bonds. The number of ether oxygens (including phenoxy) is 1. The lowest BCUT2D eigenvalue weighted by Gasteiger charge is -2.02. The van der Waals surface area contributed by atoms with Crippen molar-refractivity contribution in [1.29, 1.82) is 5.26 Å². The third-order valence-electron chi connectivity index (χ3n) is 1.89. The summed E-state index contributed by atoms with van der Waals surface area (Å²) in [4.78, 5) is 15.2. The topological polar surface area (TPSA) is 63.0 Å². The third kappa shape index (κ3) is 3.06. The molecule has 0 saturated heterocycles. The van der Waals surface area contributed by atoms with Crippen molar-refractivity contribution in [1.82, 2.24) is 4.98 Å². The fourth-order valence-corrected chi connectivity index (χ4v) is 1.14. The van der Waals surface area contributed by atoms with E-state index in [2.05, 4.69) is 4.98 Å². The van der Waals surface area contributed by atoms with Crippen molar-refractivity contribution in [3.05, 3.63) is 29.1 Å². The molecular weight excluding hydrogens is 192 g/mol. The van der Waals surface area contributed by atoms with Crippen LogP contribution in [0, 0.1) is 18.3 Å². The molecule has 1 aromatic heterocycles. The highest BCUT2D eigenvalue weighted by molar-refractivity contribution is 5.72. The molecule has 0 bridgehead atoms. The number of hydrogen-bond donors (Lipinski definition) is 0. The normalized spacial score (nSPS) is 9.40. The number of carbonyl (C=O) groups excluding carboxylic acids is 1. The van der Waals surface area contributed by atoms with Crippen LogP contribution in [-0.2, 0) is 16.0 Å². The molecule has 4 nitrogen and oxygen atoms in total. The predicted molar refractivity (Wildman–Crippen MR) is 54.0 cm³/mol. The molecule has 0 spiro atoms. The summed E-state index contributed by atoms with van der Waals surface area (Å²) in [6, 6.07) is 5.48. The van der Waals surface area contributed by atoms with Crippen LogP contribution < -0.4 is 0 Å². The summed E-state index contributed by atoms with van der Waals surface area (Å²) in [5.74, 6) is -0.322. The molecule has 0 aliphatic carbocycles. The third-order valence-corrected chi connectivity index (χ3v) is 1.89. The van der Waals surface area contributed by atoms with Crippen molar-refractivity contribution < 1.29 is 9.53 Å². The van der Waals surface area contributed by atoms with Gasteiger partial charge in [-0.3, -0.25) is 4.79 Å². The Bertz CT molecular complexity index is 408. The highest BCUT2D eigenvalue weighted by Crippen LogP contribution is 2.06. The Balaban J connectivity index is 2.80. The monoisotopic (exact) mass is 204 g/mol. The van der Waals surface area contributed by atoms with Gasteiger partial charge in [0.25, 0.3) is 0 Å².